The SMILES string of the molecule is Clc1cccc(Cl)c1CN1CCCC(c2cc(NCc3cccnc3)n3ncc(Br)c3n2)C1. The molecule has 4 heterocycles. The second-order valence-corrected chi connectivity index (χ2v) is 9.95. The molecule has 1 aromatic carbocycles. The summed E-state index contributed by atoms with van der Waals surface area (Å²) in [6.45, 7) is 3.31. The summed E-state index contributed by atoms with van der Waals surface area (Å²) in [6.07, 6.45) is 7.61. The van der Waals surface area contributed by atoms with Crippen molar-refractivity contribution in [3.63, 3.8) is 0 Å². The lowest BCUT2D eigenvalue weighted by molar-refractivity contribution is 0.198. The highest BCUT2D eigenvalue weighted by Crippen LogP contribution is 2.32. The maximum atomic E-state index is 6.43. The van der Waals surface area contributed by atoms with Gasteiger partial charge in [0.25, 0.3) is 0 Å². The molecule has 0 aliphatic carbocycles. The molecule has 5 rings (SSSR count). The second-order valence-electron chi connectivity index (χ2n) is 8.28. The van der Waals surface area contributed by atoms with Gasteiger partial charge in [0.05, 0.1) is 16.4 Å². The summed E-state index contributed by atoms with van der Waals surface area (Å²) in [7, 11) is 0. The Morgan fingerprint density at radius 2 is 1.97 bits per heavy atom. The van der Waals surface area contributed by atoms with E-state index in [9.17, 15) is 0 Å². The lowest BCUT2D eigenvalue weighted by Gasteiger charge is -2.33. The molecule has 170 valence electrons. The van der Waals surface area contributed by atoms with Crippen LogP contribution in [0.4, 0.5) is 5.82 Å². The average Bonchev–Trinajstić information content (AvgIpc) is 3.21. The molecule has 0 amide bonds. The van der Waals surface area contributed by atoms with E-state index in [0.717, 1.165) is 65.2 Å². The number of piperidine rings is 1. The number of anilines is 1. The van der Waals surface area contributed by atoms with Crippen LogP contribution in [0.15, 0.2) is 59.5 Å². The zero-order valence-corrected chi connectivity index (χ0v) is 21.0. The van der Waals surface area contributed by atoms with Crippen molar-refractivity contribution in [2.75, 3.05) is 18.4 Å². The first-order valence-corrected chi connectivity index (χ1v) is 12.5. The quantitative estimate of drug-likeness (QED) is 0.313. The number of nitrogens with zero attached hydrogens (tertiary/aromatic N) is 5. The third kappa shape index (κ3) is 5.01. The number of aromatic nitrogens is 4. The Balaban J connectivity index is 1.39. The Hall–Kier alpha value is -2.19. The van der Waals surface area contributed by atoms with E-state index in [4.69, 9.17) is 28.2 Å². The Morgan fingerprint density at radius 3 is 2.76 bits per heavy atom. The summed E-state index contributed by atoms with van der Waals surface area (Å²) < 4.78 is 2.72. The van der Waals surface area contributed by atoms with E-state index in [1.54, 1.807) is 12.4 Å². The van der Waals surface area contributed by atoms with Crippen LogP contribution in [0.25, 0.3) is 5.65 Å². The molecule has 9 heteroatoms. The van der Waals surface area contributed by atoms with Crippen molar-refractivity contribution in [1.82, 2.24) is 24.5 Å². The van der Waals surface area contributed by atoms with Crippen LogP contribution in [0.2, 0.25) is 10.0 Å². The van der Waals surface area contributed by atoms with Gasteiger partial charge in [-0.2, -0.15) is 9.61 Å². The lowest BCUT2D eigenvalue weighted by atomic mass is 9.94. The highest BCUT2D eigenvalue weighted by molar-refractivity contribution is 9.10. The summed E-state index contributed by atoms with van der Waals surface area (Å²) in [5.74, 6) is 1.22. The largest absolute Gasteiger partial charge is 0.366 e. The molecular weight excluding hydrogens is 523 g/mol. The summed E-state index contributed by atoms with van der Waals surface area (Å²) in [5.41, 5.74) is 3.97. The number of rotatable bonds is 6. The van der Waals surface area contributed by atoms with Crippen molar-refractivity contribution in [2.45, 2.75) is 31.8 Å². The van der Waals surface area contributed by atoms with Crippen LogP contribution < -0.4 is 5.32 Å². The minimum absolute atomic E-state index is 0.311. The molecule has 1 saturated heterocycles. The number of likely N-dealkylation sites (tertiary alicyclic amines) is 1. The molecule has 1 aliphatic heterocycles. The van der Waals surface area contributed by atoms with Crippen molar-refractivity contribution < 1.29 is 0 Å². The van der Waals surface area contributed by atoms with E-state index in [0.29, 0.717) is 22.5 Å². The molecule has 33 heavy (non-hydrogen) atoms. The Bertz CT molecular complexity index is 1240. The molecule has 1 unspecified atom stereocenters. The maximum Gasteiger partial charge on any atom is 0.171 e. The van der Waals surface area contributed by atoms with Gasteiger partial charge in [0, 0.05) is 59.6 Å². The fourth-order valence-electron chi connectivity index (χ4n) is 4.33. The van der Waals surface area contributed by atoms with Crippen molar-refractivity contribution in [3.8, 4) is 0 Å². The standard InChI is InChI=1S/C24H23BrCl2N6/c25-19-13-30-33-23(29-12-16-4-2-8-28-11-16)10-22(31-24(19)33)17-5-3-9-32(14-17)15-18-20(26)6-1-7-21(18)27/h1-2,4,6-8,10-11,13,17,29H,3,5,9,12,14-15H2. The van der Waals surface area contributed by atoms with Crippen LogP contribution in [0, 0.1) is 0 Å². The predicted octanol–water partition coefficient (Wildman–Crippen LogP) is 6.19. The minimum atomic E-state index is 0.311. The van der Waals surface area contributed by atoms with Gasteiger partial charge in [-0.15, -0.1) is 0 Å². The van der Waals surface area contributed by atoms with E-state index >= 15 is 0 Å². The minimum Gasteiger partial charge on any atom is -0.366 e. The number of pyridine rings is 1. The molecule has 1 atom stereocenters. The Morgan fingerprint density at radius 1 is 1.12 bits per heavy atom. The van der Waals surface area contributed by atoms with Crippen LogP contribution >= 0.6 is 39.1 Å². The number of hydrogen-bond donors (Lipinski definition) is 1. The molecule has 6 nitrogen and oxygen atoms in total. The zero-order chi connectivity index (χ0) is 22.8. The number of halogens is 3. The van der Waals surface area contributed by atoms with E-state index in [1.807, 2.05) is 35.0 Å². The number of benzene rings is 1. The van der Waals surface area contributed by atoms with Crippen LogP contribution in [0.1, 0.15) is 35.6 Å². The van der Waals surface area contributed by atoms with E-state index in [1.165, 1.54) is 0 Å². The number of hydrogen-bond acceptors (Lipinski definition) is 5. The van der Waals surface area contributed by atoms with Crippen LogP contribution in [-0.2, 0) is 13.1 Å². The van der Waals surface area contributed by atoms with Gasteiger partial charge in [0.1, 0.15) is 5.82 Å². The van der Waals surface area contributed by atoms with Gasteiger partial charge < -0.3 is 5.32 Å². The van der Waals surface area contributed by atoms with Gasteiger partial charge in [0.15, 0.2) is 5.65 Å². The lowest BCUT2D eigenvalue weighted by Crippen LogP contribution is -2.34. The van der Waals surface area contributed by atoms with Crippen LogP contribution in [0.5, 0.6) is 0 Å². The van der Waals surface area contributed by atoms with Gasteiger partial charge in [0.2, 0.25) is 0 Å². The van der Waals surface area contributed by atoms with Crippen LogP contribution in [0.3, 0.4) is 0 Å². The Kier molecular flexibility index (Phi) is 6.83. The fourth-order valence-corrected chi connectivity index (χ4v) is 5.20. The summed E-state index contributed by atoms with van der Waals surface area (Å²) >= 11 is 16.5. The smallest absolute Gasteiger partial charge is 0.171 e. The Labute approximate surface area is 211 Å². The van der Waals surface area contributed by atoms with E-state index < -0.39 is 0 Å². The number of fused-ring (bicyclic) bond motifs is 1. The highest BCUT2D eigenvalue weighted by Gasteiger charge is 2.25. The first-order chi connectivity index (χ1) is 16.1. The third-order valence-corrected chi connectivity index (χ3v) is 7.28. The summed E-state index contributed by atoms with van der Waals surface area (Å²) in [6, 6.07) is 11.8. The van der Waals surface area contributed by atoms with Gasteiger partial charge in [-0.3, -0.25) is 9.88 Å². The summed E-state index contributed by atoms with van der Waals surface area (Å²) in [5, 5.41) is 9.44. The molecule has 0 spiro atoms. The zero-order valence-electron chi connectivity index (χ0n) is 17.9. The normalized spacial score (nSPS) is 16.9. The molecule has 1 N–H and O–H groups in total. The second kappa shape index (κ2) is 9.97. The topological polar surface area (TPSA) is 58.4 Å². The maximum absolute atomic E-state index is 6.43. The van der Waals surface area contributed by atoms with E-state index in [-0.39, 0.29) is 0 Å². The van der Waals surface area contributed by atoms with E-state index in [2.05, 4.69) is 48.4 Å². The molecule has 1 aliphatic rings. The third-order valence-electron chi connectivity index (χ3n) is 6.01. The summed E-state index contributed by atoms with van der Waals surface area (Å²) in [4.78, 5) is 11.6. The number of nitrogens with one attached hydrogen (secondary N) is 1. The molecule has 4 aromatic rings. The molecular formula is C24H23BrCl2N6. The first-order valence-electron chi connectivity index (χ1n) is 10.9. The predicted molar refractivity (Wildman–Crippen MR) is 136 cm³/mol. The molecule has 0 saturated carbocycles. The molecule has 0 bridgehead atoms. The van der Waals surface area contributed by atoms with Crippen LogP contribution in [-0.4, -0.2) is 37.6 Å². The van der Waals surface area contributed by atoms with Crippen molar-refractivity contribution in [3.05, 3.63) is 86.3 Å². The van der Waals surface area contributed by atoms with Crippen molar-refractivity contribution >= 4 is 50.6 Å². The van der Waals surface area contributed by atoms with Gasteiger partial charge >= 0.3 is 0 Å². The molecule has 1 fully saturated rings. The monoisotopic (exact) mass is 544 g/mol. The molecule has 3 aromatic heterocycles. The fraction of sp³-hybridized carbons (Fsp3) is 0.292. The van der Waals surface area contributed by atoms with Gasteiger partial charge in [-0.05, 0) is 59.1 Å². The van der Waals surface area contributed by atoms with Gasteiger partial charge in [-0.25, -0.2) is 4.98 Å². The van der Waals surface area contributed by atoms with Crippen molar-refractivity contribution in [2.24, 2.45) is 0 Å². The molecule has 0 radical (unpaired) electrons. The van der Waals surface area contributed by atoms with Crippen molar-refractivity contribution in [1.29, 1.82) is 0 Å². The highest BCUT2D eigenvalue weighted by atomic mass is 79.9. The van der Waals surface area contributed by atoms with Gasteiger partial charge in [-0.1, -0.05) is 35.3 Å². The first kappa shape index (κ1) is 22.6. The average molecular weight is 546 g/mol.